The lowest BCUT2D eigenvalue weighted by molar-refractivity contribution is -0.128. The van der Waals surface area contributed by atoms with E-state index in [0.717, 1.165) is 15.9 Å². The van der Waals surface area contributed by atoms with E-state index in [-0.39, 0.29) is 18.2 Å². The lowest BCUT2D eigenvalue weighted by Gasteiger charge is -2.22. The third-order valence-corrected chi connectivity index (χ3v) is 5.87. The smallest absolute Gasteiger partial charge is 0.235 e. The van der Waals surface area contributed by atoms with Gasteiger partial charge in [0.1, 0.15) is 0 Å². The van der Waals surface area contributed by atoms with Crippen LogP contribution >= 0.6 is 11.3 Å². The van der Waals surface area contributed by atoms with Crippen LogP contribution in [-0.4, -0.2) is 23.3 Å². The summed E-state index contributed by atoms with van der Waals surface area (Å²) in [4.78, 5) is 31.7. The maximum atomic E-state index is 13.2. The van der Waals surface area contributed by atoms with Crippen LogP contribution in [0.2, 0.25) is 0 Å². The molecule has 0 saturated carbocycles. The number of thiazole rings is 1. The molecular weight excluding hydrogens is 394 g/mol. The van der Waals surface area contributed by atoms with Gasteiger partial charge in [0, 0.05) is 18.4 Å². The second-order valence-corrected chi connectivity index (χ2v) is 9.70. The Hall–Kier alpha value is -2.73. The van der Waals surface area contributed by atoms with Crippen LogP contribution in [0, 0.1) is 5.41 Å². The molecule has 3 rings (SSSR count). The number of anilines is 2. The highest BCUT2D eigenvalue weighted by Gasteiger charge is 2.24. The van der Waals surface area contributed by atoms with Crippen LogP contribution in [-0.2, 0) is 9.59 Å². The summed E-state index contributed by atoms with van der Waals surface area (Å²) < 4.78 is 1.03. The Morgan fingerprint density at radius 2 is 1.73 bits per heavy atom. The molecule has 6 heteroatoms. The highest BCUT2D eigenvalue weighted by Crippen LogP contribution is 2.34. The highest BCUT2D eigenvalue weighted by molar-refractivity contribution is 7.22. The minimum absolute atomic E-state index is 0.0666. The molecular formula is C24H29N3O2S. The van der Waals surface area contributed by atoms with Crippen molar-refractivity contribution in [2.45, 2.75) is 47.0 Å². The van der Waals surface area contributed by atoms with Crippen LogP contribution < -0.4 is 10.2 Å². The first kappa shape index (κ1) is 22.0. The SMILES string of the molecule is CC(C)c1ccc(N(C(=O)CCNC(=O)C(C)(C)C)c2nc3ccccc3s2)cc1. The molecule has 158 valence electrons. The largest absolute Gasteiger partial charge is 0.355 e. The van der Waals surface area contributed by atoms with Gasteiger partial charge < -0.3 is 5.32 Å². The number of benzene rings is 2. The van der Waals surface area contributed by atoms with Gasteiger partial charge in [0.05, 0.1) is 15.9 Å². The molecule has 0 aliphatic carbocycles. The lowest BCUT2D eigenvalue weighted by Crippen LogP contribution is -2.37. The molecule has 2 aromatic carbocycles. The molecule has 0 aliphatic heterocycles. The van der Waals surface area contributed by atoms with Gasteiger partial charge >= 0.3 is 0 Å². The number of aromatic nitrogens is 1. The minimum Gasteiger partial charge on any atom is -0.355 e. The molecule has 0 unspecified atom stereocenters. The molecule has 1 aromatic heterocycles. The van der Waals surface area contributed by atoms with Crippen molar-refractivity contribution < 1.29 is 9.59 Å². The predicted octanol–water partition coefficient (Wildman–Crippen LogP) is 5.64. The fourth-order valence-electron chi connectivity index (χ4n) is 2.99. The molecule has 1 heterocycles. The average Bonchev–Trinajstić information content (AvgIpc) is 3.11. The molecule has 0 bridgehead atoms. The summed E-state index contributed by atoms with van der Waals surface area (Å²) in [5, 5.41) is 3.50. The maximum absolute atomic E-state index is 13.2. The predicted molar refractivity (Wildman–Crippen MR) is 124 cm³/mol. The third kappa shape index (κ3) is 5.05. The van der Waals surface area contributed by atoms with E-state index < -0.39 is 5.41 Å². The van der Waals surface area contributed by atoms with Crippen molar-refractivity contribution in [3.8, 4) is 0 Å². The highest BCUT2D eigenvalue weighted by atomic mass is 32.1. The Morgan fingerprint density at radius 3 is 2.33 bits per heavy atom. The summed E-state index contributed by atoms with van der Waals surface area (Å²) in [5.74, 6) is 0.252. The zero-order valence-corrected chi connectivity index (χ0v) is 19.0. The monoisotopic (exact) mass is 423 g/mol. The van der Waals surface area contributed by atoms with E-state index in [1.165, 1.54) is 16.9 Å². The molecule has 0 atom stereocenters. The second kappa shape index (κ2) is 8.96. The van der Waals surface area contributed by atoms with Gasteiger partial charge in [-0.05, 0) is 35.7 Å². The maximum Gasteiger partial charge on any atom is 0.235 e. The average molecular weight is 424 g/mol. The van der Waals surface area contributed by atoms with Gasteiger partial charge in [0.15, 0.2) is 5.13 Å². The van der Waals surface area contributed by atoms with Gasteiger partial charge in [-0.25, -0.2) is 4.98 Å². The van der Waals surface area contributed by atoms with Gasteiger partial charge in [-0.15, -0.1) is 0 Å². The van der Waals surface area contributed by atoms with Crippen molar-refractivity contribution in [2.24, 2.45) is 5.41 Å². The Balaban J connectivity index is 1.87. The number of para-hydroxylation sites is 1. The van der Waals surface area contributed by atoms with E-state index in [9.17, 15) is 9.59 Å². The zero-order chi connectivity index (χ0) is 21.9. The van der Waals surface area contributed by atoms with E-state index in [0.29, 0.717) is 17.6 Å². The first-order valence-electron chi connectivity index (χ1n) is 10.2. The first-order chi connectivity index (χ1) is 14.2. The molecule has 3 aromatic rings. The van der Waals surface area contributed by atoms with Gasteiger partial charge in [0.25, 0.3) is 0 Å². The molecule has 0 fully saturated rings. The summed E-state index contributed by atoms with van der Waals surface area (Å²) in [7, 11) is 0. The number of carbonyl (C=O) groups excluding carboxylic acids is 2. The number of fused-ring (bicyclic) bond motifs is 1. The van der Waals surface area contributed by atoms with Crippen molar-refractivity contribution in [3.05, 3.63) is 54.1 Å². The Bertz CT molecular complexity index is 1000. The fraction of sp³-hybridized carbons (Fsp3) is 0.375. The van der Waals surface area contributed by atoms with Gasteiger partial charge in [-0.2, -0.15) is 0 Å². The van der Waals surface area contributed by atoms with E-state index in [1.807, 2.05) is 57.2 Å². The van der Waals surface area contributed by atoms with E-state index in [1.54, 1.807) is 4.90 Å². The second-order valence-electron chi connectivity index (χ2n) is 8.70. The Kier molecular flexibility index (Phi) is 6.56. The third-order valence-electron chi connectivity index (χ3n) is 4.85. The van der Waals surface area contributed by atoms with Gasteiger partial charge in [-0.3, -0.25) is 14.5 Å². The van der Waals surface area contributed by atoms with Crippen molar-refractivity contribution in [2.75, 3.05) is 11.4 Å². The van der Waals surface area contributed by atoms with Crippen LogP contribution in [0.15, 0.2) is 48.5 Å². The standard InChI is InChI=1S/C24H29N3O2S/c1-16(2)17-10-12-18(13-11-17)27(21(28)14-15-25-22(29)24(3,4)5)23-26-19-8-6-7-9-20(19)30-23/h6-13,16H,14-15H2,1-5H3,(H,25,29). The molecule has 30 heavy (non-hydrogen) atoms. The lowest BCUT2D eigenvalue weighted by atomic mass is 9.96. The number of hydrogen-bond acceptors (Lipinski definition) is 4. The van der Waals surface area contributed by atoms with Crippen LogP contribution in [0.3, 0.4) is 0 Å². The molecule has 0 saturated heterocycles. The molecule has 1 N–H and O–H groups in total. The van der Waals surface area contributed by atoms with Crippen LogP contribution in [0.25, 0.3) is 10.2 Å². The number of amides is 2. The van der Waals surface area contributed by atoms with Crippen LogP contribution in [0.5, 0.6) is 0 Å². The number of nitrogens with zero attached hydrogens (tertiary/aromatic N) is 2. The van der Waals surface area contributed by atoms with Gasteiger partial charge in [-0.1, -0.05) is 70.2 Å². The van der Waals surface area contributed by atoms with Crippen molar-refractivity contribution in [1.29, 1.82) is 0 Å². The summed E-state index contributed by atoms with van der Waals surface area (Å²) >= 11 is 1.49. The molecule has 0 aliphatic rings. The Morgan fingerprint density at radius 1 is 1.07 bits per heavy atom. The summed E-state index contributed by atoms with van der Waals surface area (Å²) in [6.07, 6.45) is 0.198. The molecule has 0 radical (unpaired) electrons. The molecule has 0 spiro atoms. The molecule has 2 amide bonds. The molecule has 5 nitrogen and oxygen atoms in total. The summed E-state index contributed by atoms with van der Waals surface area (Å²) in [6.45, 7) is 10.1. The van der Waals surface area contributed by atoms with Crippen molar-refractivity contribution in [1.82, 2.24) is 10.3 Å². The number of nitrogens with one attached hydrogen (secondary N) is 1. The van der Waals surface area contributed by atoms with Crippen molar-refractivity contribution >= 4 is 44.2 Å². The quantitative estimate of drug-likeness (QED) is 0.558. The summed E-state index contributed by atoms with van der Waals surface area (Å²) in [5.41, 5.74) is 2.39. The van der Waals surface area contributed by atoms with Crippen molar-refractivity contribution in [3.63, 3.8) is 0 Å². The zero-order valence-electron chi connectivity index (χ0n) is 18.2. The summed E-state index contributed by atoms with van der Waals surface area (Å²) in [6, 6.07) is 15.9. The number of carbonyl (C=O) groups is 2. The first-order valence-corrected chi connectivity index (χ1v) is 11.1. The minimum atomic E-state index is -0.484. The van der Waals surface area contributed by atoms with Crippen LogP contribution in [0.4, 0.5) is 10.8 Å². The fourth-order valence-corrected chi connectivity index (χ4v) is 3.99. The van der Waals surface area contributed by atoms with E-state index in [4.69, 9.17) is 0 Å². The van der Waals surface area contributed by atoms with Crippen LogP contribution in [0.1, 0.15) is 52.5 Å². The normalized spacial score (nSPS) is 11.7. The topological polar surface area (TPSA) is 62.3 Å². The van der Waals surface area contributed by atoms with E-state index >= 15 is 0 Å². The number of rotatable bonds is 6. The van der Waals surface area contributed by atoms with E-state index in [2.05, 4.69) is 36.3 Å². The Labute approximate surface area is 182 Å². The van der Waals surface area contributed by atoms with Gasteiger partial charge in [0.2, 0.25) is 11.8 Å². The number of hydrogen-bond donors (Lipinski definition) is 1.